The van der Waals surface area contributed by atoms with Crippen molar-refractivity contribution in [3.8, 4) is 0 Å². The van der Waals surface area contributed by atoms with Crippen molar-refractivity contribution in [1.82, 2.24) is 10.6 Å². The minimum atomic E-state index is -1.59. The number of hydrogen-bond acceptors (Lipinski definition) is 4. The first-order chi connectivity index (χ1) is 9.06. The lowest BCUT2D eigenvalue weighted by Crippen LogP contribution is -2.36. The van der Waals surface area contributed by atoms with Crippen molar-refractivity contribution >= 4 is 11.9 Å². The second-order valence-electron chi connectivity index (χ2n) is 4.07. The molecule has 19 heavy (non-hydrogen) atoms. The van der Waals surface area contributed by atoms with Crippen LogP contribution in [-0.4, -0.2) is 48.3 Å². The van der Waals surface area contributed by atoms with E-state index in [2.05, 4.69) is 10.6 Å². The molecule has 0 spiro atoms. The maximum atomic E-state index is 11.9. The van der Waals surface area contributed by atoms with Crippen LogP contribution in [0.4, 0.5) is 0 Å². The van der Waals surface area contributed by atoms with Crippen molar-refractivity contribution in [2.75, 3.05) is 20.1 Å². The molecule has 1 amide bonds. The molecule has 0 heterocycles. The van der Waals surface area contributed by atoms with Gasteiger partial charge in [0.15, 0.2) is 6.10 Å². The number of carboxylic acid groups (broad SMARTS) is 1. The van der Waals surface area contributed by atoms with E-state index in [1.807, 2.05) is 19.2 Å². The molecule has 1 unspecified atom stereocenters. The second kappa shape index (κ2) is 7.50. The zero-order valence-corrected chi connectivity index (χ0v) is 10.7. The number of carbonyl (C=O) groups excluding carboxylic acids is 1. The number of hydrogen-bond donors (Lipinski definition) is 4. The topological polar surface area (TPSA) is 98.7 Å². The predicted octanol–water partition coefficient (Wildman–Crippen LogP) is -0.376. The summed E-state index contributed by atoms with van der Waals surface area (Å²) in [5, 5.41) is 23.0. The van der Waals surface area contributed by atoms with Crippen LogP contribution in [0.5, 0.6) is 0 Å². The molecule has 0 aliphatic heterocycles. The Hall–Kier alpha value is -1.92. The van der Waals surface area contributed by atoms with Crippen molar-refractivity contribution in [1.29, 1.82) is 0 Å². The van der Waals surface area contributed by atoms with Crippen LogP contribution in [0.15, 0.2) is 24.3 Å². The molecule has 4 N–H and O–H groups in total. The smallest absolute Gasteiger partial charge is 0.334 e. The van der Waals surface area contributed by atoms with Crippen molar-refractivity contribution in [3.63, 3.8) is 0 Å². The van der Waals surface area contributed by atoms with E-state index in [0.29, 0.717) is 12.0 Å². The molecule has 6 nitrogen and oxygen atoms in total. The standard InChI is InChI=1S/C13H18N2O4/c1-14-7-6-9-4-2-3-5-10(9)12(17)15-8-11(16)13(18)19/h2-5,11,14,16H,6-8H2,1H3,(H,15,17)(H,18,19). The van der Waals surface area contributed by atoms with Gasteiger partial charge in [-0.25, -0.2) is 4.79 Å². The summed E-state index contributed by atoms with van der Waals surface area (Å²) >= 11 is 0. The first-order valence-electron chi connectivity index (χ1n) is 5.97. The molecule has 0 aliphatic rings. The zero-order valence-electron chi connectivity index (χ0n) is 10.7. The van der Waals surface area contributed by atoms with E-state index in [9.17, 15) is 9.59 Å². The monoisotopic (exact) mass is 266 g/mol. The summed E-state index contributed by atoms with van der Waals surface area (Å²) in [7, 11) is 1.83. The number of aliphatic hydroxyl groups excluding tert-OH is 1. The molecule has 1 aromatic rings. The molecular formula is C13H18N2O4. The fourth-order valence-corrected chi connectivity index (χ4v) is 1.59. The summed E-state index contributed by atoms with van der Waals surface area (Å²) < 4.78 is 0. The van der Waals surface area contributed by atoms with Crippen molar-refractivity contribution < 1.29 is 19.8 Å². The molecule has 0 saturated carbocycles. The maximum absolute atomic E-state index is 11.9. The van der Waals surface area contributed by atoms with Gasteiger partial charge in [0, 0.05) is 5.56 Å². The third-order valence-electron chi connectivity index (χ3n) is 2.65. The van der Waals surface area contributed by atoms with Gasteiger partial charge in [0.2, 0.25) is 0 Å². The van der Waals surface area contributed by atoms with Crippen molar-refractivity contribution in [2.45, 2.75) is 12.5 Å². The van der Waals surface area contributed by atoms with Crippen LogP contribution in [0.1, 0.15) is 15.9 Å². The molecule has 6 heteroatoms. The van der Waals surface area contributed by atoms with Gasteiger partial charge in [0.25, 0.3) is 5.91 Å². The summed E-state index contributed by atoms with van der Waals surface area (Å²) in [6.45, 7) is 0.427. The minimum Gasteiger partial charge on any atom is -0.479 e. The number of aliphatic hydroxyl groups is 1. The summed E-state index contributed by atoms with van der Waals surface area (Å²) in [4.78, 5) is 22.4. The van der Waals surface area contributed by atoms with Crippen LogP contribution in [0.2, 0.25) is 0 Å². The minimum absolute atomic E-state index is 0.311. The lowest BCUT2D eigenvalue weighted by atomic mass is 10.0. The molecule has 0 saturated heterocycles. The Balaban J connectivity index is 2.68. The molecular weight excluding hydrogens is 248 g/mol. The Morgan fingerprint density at radius 2 is 2.00 bits per heavy atom. The number of nitrogens with one attached hydrogen (secondary N) is 2. The van der Waals surface area contributed by atoms with Gasteiger partial charge in [0.05, 0.1) is 6.54 Å². The molecule has 104 valence electrons. The molecule has 0 aliphatic carbocycles. The summed E-state index contributed by atoms with van der Waals surface area (Å²) in [6.07, 6.45) is -0.893. The third-order valence-corrected chi connectivity index (χ3v) is 2.65. The quantitative estimate of drug-likeness (QED) is 0.539. The fraction of sp³-hybridized carbons (Fsp3) is 0.385. The number of carbonyl (C=O) groups is 2. The first kappa shape index (κ1) is 15.1. The van der Waals surface area contributed by atoms with Gasteiger partial charge in [-0.1, -0.05) is 18.2 Å². The molecule has 1 atom stereocenters. The van der Waals surface area contributed by atoms with Gasteiger partial charge < -0.3 is 20.8 Å². The summed E-state index contributed by atoms with van der Waals surface area (Å²) in [5.74, 6) is -1.74. The Kier molecular flexibility index (Phi) is 5.98. The van der Waals surface area contributed by atoms with E-state index in [4.69, 9.17) is 10.2 Å². The number of likely N-dealkylation sites (N-methyl/N-ethyl adjacent to an activating group) is 1. The average Bonchev–Trinajstić information content (AvgIpc) is 2.42. The lowest BCUT2D eigenvalue weighted by molar-refractivity contribution is -0.146. The van der Waals surface area contributed by atoms with Gasteiger partial charge in [-0.3, -0.25) is 4.79 Å². The highest BCUT2D eigenvalue weighted by atomic mass is 16.4. The van der Waals surface area contributed by atoms with E-state index < -0.39 is 12.1 Å². The Labute approximate surface area is 111 Å². The number of rotatable bonds is 7. The van der Waals surface area contributed by atoms with Crippen LogP contribution in [0.25, 0.3) is 0 Å². The maximum Gasteiger partial charge on any atom is 0.334 e. The van der Waals surface area contributed by atoms with E-state index in [0.717, 1.165) is 12.1 Å². The van der Waals surface area contributed by atoms with Crippen molar-refractivity contribution in [3.05, 3.63) is 35.4 Å². The van der Waals surface area contributed by atoms with Gasteiger partial charge in [0.1, 0.15) is 0 Å². The molecule has 0 fully saturated rings. The number of benzene rings is 1. The highest BCUT2D eigenvalue weighted by Crippen LogP contribution is 2.09. The van der Waals surface area contributed by atoms with E-state index in [-0.39, 0.29) is 12.5 Å². The second-order valence-corrected chi connectivity index (χ2v) is 4.07. The van der Waals surface area contributed by atoms with E-state index in [1.54, 1.807) is 12.1 Å². The molecule has 1 aromatic carbocycles. The summed E-state index contributed by atoms with van der Waals surface area (Å²) in [5.41, 5.74) is 1.37. The first-order valence-corrected chi connectivity index (χ1v) is 5.97. The van der Waals surface area contributed by atoms with Crippen molar-refractivity contribution in [2.24, 2.45) is 0 Å². The van der Waals surface area contributed by atoms with Gasteiger partial charge in [-0.05, 0) is 31.6 Å². The van der Waals surface area contributed by atoms with Gasteiger partial charge >= 0.3 is 5.97 Å². The summed E-state index contributed by atoms with van der Waals surface area (Å²) in [6, 6.07) is 7.10. The lowest BCUT2D eigenvalue weighted by Gasteiger charge is -2.11. The molecule has 0 aromatic heterocycles. The zero-order chi connectivity index (χ0) is 14.3. The van der Waals surface area contributed by atoms with E-state index in [1.165, 1.54) is 0 Å². The third kappa shape index (κ3) is 4.69. The number of carboxylic acids is 1. The Morgan fingerprint density at radius 1 is 1.32 bits per heavy atom. The van der Waals surface area contributed by atoms with Crippen LogP contribution in [0, 0.1) is 0 Å². The largest absolute Gasteiger partial charge is 0.479 e. The van der Waals surface area contributed by atoms with Crippen LogP contribution < -0.4 is 10.6 Å². The number of amides is 1. The average molecular weight is 266 g/mol. The van der Waals surface area contributed by atoms with Crippen LogP contribution in [-0.2, 0) is 11.2 Å². The molecule has 0 bridgehead atoms. The van der Waals surface area contributed by atoms with Gasteiger partial charge in [-0.15, -0.1) is 0 Å². The normalized spacial score (nSPS) is 11.9. The molecule has 0 radical (unpaired) electrons. The van der Waals surface area contributed by atoms with Crippen LogP contribution in [0.3, 0.4) is 0 Å². The highest BCUT2D eigenvalue weighted by molar-refractivity contribution is 5.95. The molecule has 1 rings (SSSR count). The predicted molar refractivity (Wildman–Crippen MR) is 70.0 cm³/mol. The highest BCUT2D eigenvalue weighted by Gasteiger charge is 2.16. The van der Waals surface area contributed by atoms with Gasteiger partial charge in [-0.2, -0.15) is 0 Å². The van der Waals surface area contributed by atoms with Crippen LogP contribution >= 0.6 is 0 Å². The Bertz CT molecular complexity index is 448. The SMILES string of the molecule is CNCCc1ccccc1C(=O)NCC(O)C(=O)O. The number of aliphatic carboxylic acids is 1. The Morgan fingerprint density at radius 3 is 2.63 bits per heavy atom. The van der Waals surface area contributed by atoms with E-state index >= 15 is 0 Å². The fourth-order valence-electron chi connectivity index (χ4n) is 1.59.